The number of aromatic hydroxyl groups is 1. The van der Waals surface area contributed by atoms with Crippen molar-refractivity contribution in [1.82, 2.24) is 5.32 Å². The van der Waals surface area contributed by atoms with Crippen LogP contribution in [-0.4, -0.2) is 39.6 Å². The Hall–Kier alpha value is -1.69. The second-order valence-corrected chi connectivity index (χ2v) is 5.98. The average molecular weight is 295 g/mol. The molecule has 1 aliphatic heterocycles. The van der Waals surface area contributed by atoms with Crippen LogP contribution in [0.25, 0.3) is 0 Å². The summed E-state index contributed by atoms with van der Waals surface area (Å²) in [4.78, 5) is 23.2. The molecule has 1 saturated heterocycles. The first kappa shape index (κ1) is 14.7. The Morgan fingerprint density at radius 3 is 2.60 bits per heavy atom. The lowest BCUT2D eigenvalue weighted by Gasteiger charge is -2.17. The number of phenols is 1. The number of hydrogen-bond acceptors (Lipinski definition) is 4. The summed E-state index contributed by atoms with van der Waals surface area (Å²) in [6.45, 7) is 0. The summed E-state index contributed by atoms with van der Waals surface area (Å²) in [5.74, 6) is 0.540. The van der Waals surface area contributed by atoms with E-state index in [2.05, 4.69) is 5.32 Å². The van der Waals surface area contributed by atoms with Gasteiger partial charge >= 0.3 is 5.97 Å². The molecule has 3 N–H and O–H groups in total. The van der Waals surface area contributed by atoms with Gasteiger partial charge in [-0.05, 0) is 29.9 Å². The number of hydrogen-bond donors (Lipinski definition) is 3. The van der Waals surface area contributed by atoms with Crippen molar-refractivity contribution in [3.8, 4) is 5.75 Å². The monoisotopic (exact) mass is 295 g/mol. The second kappa shape index (κ2) is 6.65. The Kier molecular flexibility index (Phi) is 4.89. The third-order valence-electron chi connectivity index (χ3n) is 3.29. The highest BCUT2D eigenvalue weighted by Crippen LogP contribution is 2.23. The van der Waals surface area contributed by atoms with Crippen LogP contribution >= 0.6 is 11.8 Å². The predicted octanol–water partition coefficient (Wildman–Crippen LogP) is 1.26. The molecule has 1 aromatic carbocycles. The third kappa shape index (κ3) is 3.90. The lowest BCUT2D eigenvalue weighted by atomic mass is 10.0. The third-order valence-corrected chi connectivity index (χ3v) is 4.45. The molecule has 0 aromatic heterocycles. The molecule has 1 heterocycles. The minimum absolute atomic E-state index is 0.0818. The molecule has 5 nitrogen and oxygen atoms in total. The highest BCUT2D eigenvalue weighted by atomic mass is 32.2. The number of aliphatic carboxylic acids is 1. The molecule has 1 fully saturated rings. The van der Waals surface area contributed by atoms with Crippen molar-refractivity contribution in [3.05, 3.63) is 29.8 Å². The standard InChI is InChI=1S/C14H17NO4S/c16-11-3-1-9(2-4-11)7-12(14(18)19)15-13(17)10-5-6-20-8-10/h1-4,10,12,16H,5-8H2,(H,15,17)(H,18,19)/t10?,12-/m0/s1. The van der Waals surface area contributed by atoms with Gasteiger partial charge in [-0.25, -0.2) is 4.79 Å². The Morgan fingerprint density at radius 2 is 2.05 bits per heavy atom. The lowest BCUT2D eigenvalue weighted by molar-refractivity contribution is -0.142. The van der Waals surface area contributed by atoms with E-state index in [9.17, 15) is 19.8 Å². The minimum atomic E-state index is -1.04. The molecule has 1 amide bonds. The van der Waals surface area contributed by atoms with Gasteiger partial charge in [-0.3, -0.25) is 4.79 Å². The van der Waals surface area contributed by atoms with Crippen LogP contribution in [0.4, 0.5) is 0 Å². The zero-order chi connectivity index (χ0) is 14.5. The number of carboxylic acids is 1. The smallest absolute Gasteiger partial charge is 0.326 e. The molecular formula is C14H17NO4S. The molecule has 0 aliphatic carbocycles. The molecule has 108 valence electrons. The number of carbonyl (C=O) groups excluding carboxylic acids is 1. The number of carbonyl (C=O) groups is 2. The van der Waals surface area contributed by atoms with E-state index in [1.165, 1.54) is 12.1 Å². The molecule has 1 aromatic rings. The molecule has 1 unspecified atom stereocenters. The average Bonchev–Trinajstić information content (AvgIpc) is 2.94. The summed E-state index contributed by atoms with van der Waals surface area (Å²) >= 11 is 1.72. The second-order valence-electron chi connectivity index (χ2n) is 4.83. The zero-order valence-electron chi connectivity index (χ0n) is 10.9. The Morgan fingerprint density at radius 1 is 1.35 bits per heavy atom. The van der Waals surface area contributed by atoms with E-state index < -0.39 is 12.0 Å². The Bertz CT molecular complexity index is 482. The van der Waals surface area contributed by atoms with Crippen molar-refractivity contribution in [2.45, 2.75) is 18.9 Å². The fraction of sp³-hybridized carbons (Fsp3) is 0.429. The fourth-order valence-corrected chi connectivity index (χ4v) is 3.32. The number of rotatable bonds is 5. The molecule has 2 atom stereocenters. The summed E-state index contributed by atoms with van der Waals surface area (Å²) in [7, 11) is 0. The number of amides is 1. The molecule has 0 spiro atoms. The van der Waals surface area contributed by atoms with Crippen LogP contribution in [0.2, 0.25) is 0 Å². The lowest BCUT2D eigenvalue weighted by Crippen LogP contribution is -2.45. The van der Waals surface area contributed by atoms with Crippen molar-refractivity contribution in [3.63, 3.8) is 0 Å². The van der Waals surface area contributed by atoms with Gasteiger partial charge in [-0.2, -0.15) is 11.8 Å². The van der Waals surface area contributed by atoms with E-state index in [4.69, 9.17) is 0 Å². The summed E-state index contributed by atoms with van der Waals surface area (Å²) in [5.41, 5.74) is 0.760. The first-order valence-electron chi connectivity index (χ1n) is 6.45. The van der Waals surface area contributed by atoms with Gasteiger partial charge in [0.15, 0.2) is 0 Å². The number of nitrogens with one attached hydrogen (secondary N) is 1. The molecule has 20 heavy (non-hydrogen) atoms. The number of phenolic OH excluding ortho intramolecular Hbond substituents is 1. The van der Waals surface area contributed by atoms with Gasteiger partial charge < -0.3 is 15.5 Å². The highest BCUT2D eigenvalue weighted by molar-refractivity contribution is 7.99. The van der Waals surface area contributed by atoms with E-state index in [-0.39, 0.29) is 24.0 Å². The van der Waals surface area contributed by atoms with Crippen molar-refractivity contribution in [2.24, 2.45) is 5.92 Å². The molecule has 2 rings (SSSR count). The number of benzene rings is 1. The van der Waals surface area contributed by atoms with Crippen LogP contribution in [0.1, 0.15) is 12.0 Å². The first-order chi connectivity index (χ1) is 9.56. The van der Waals surface area contributed by atoms with Gasteiger partial charge in [0.25, 0.3) is 0 Å². The summed E-state index contributed by atoms with van der Waals surface area (Å²) in [5, 5.41) is 21.0. The van der Waals surface area contributed by atoms with Crippen LogP contribution in [0, 0.1) is 5.92 Å². The summed E-state index contributed by atoms with van der Waals surface area (Å²) in [6.07, 6.45) is 1.02. The van der Waals surface area contributed by atoms with E-state index in [0.717, 1.165) is 23.5 Å². The predicted molar refractivity (Wildman–Crippen MR) is 76.8 cm³/mol. The van der Waals surface area contributed by atoms with Crippen LogP contribution in [-0.2, 0) is 16.0 Å². The van der Waals surface area contributed by atoms with Gasteiger partial charge in [0.05, 0.1) is 0 Å². The van der Waals surface area contributed by atoms with E-state index in [1.807, 2.05) is 0 Å². The van der Waals surface area contributed by atoms with Crippen LogP contribution in [0.5, 0.6) is 5.75 Å². The van der Waals surface area contributed by atoms with Crippen molar-refractivity contribution in [2.75, 3.05) is 11.5 Å². The normalized spacial score (nSPS) is 19.5. The van der Waals surface area contributed by atoms with Crippen LogP contribution < -0.4 is 5.32 Å². The van der Waals surface area contributed by atoms with Crippen molar-refractivity contribution in [1.29, 1.82) is 0 Å². The topological polar surface area (TPSA) is 86.6 Å². The van der Waals surface area contributed by atoms with E-state index >= 15 is 0 Å². The maximum Gasteiger partial charge on any atom is 0.326 e. The maximum absolute atomic E-state index is 12.0. The Labute approximate surface area is 121 Å². The van der Waals surface area contributed by atoms with Crippen LogP contribution in [0.15, 0.2) is 24.3 Å². The van der Waals surface area contributed by atoms with Crippen molar-refractivity contribution >= 4 is 23.6 Å². The van der Waals surface area contributed by atoms with Crippen LogP contribution in [0.3, 0.4) is 0 Å². The van der Waals surface area contributed by atoms with Gasteiger partial charge in [0, 0.05) is 18.1 Å². The van der Waals surface area contributed by atoms with Gasteiger partial charge in [-0.15, -0.1) is 0 Å². The molecule has 0 saturated carbocycles. The largest absolute Gasteiger partial charge is 0.508 e. The summed E-state index contributed by atoms with van der Waals surface area (Å²) in [6, 6.07) is 5.39. The number of thioether (sulfide) groups is 1. The van der Waals surface area contributed by atoms with Crippen molar-refractivity contribution < 1.29 is 19.8 Å². The van der Waals surface area contributed by atoms with Gasteiger partial charge in [-0.1, -0.05) is 12.1 Å². The van der Waals surface area contributed by atoms with Gasteiger partial charge in [0.1, 0.15) is 11.8 Å². The van der Waals surface area contributed by atoms with E-state index in [1.54, 1.807) is 23.9 Å². The Balaban J connectivity index is 1.98. The molecule has 1 aliphatic rings. The van der Waals surface area contributed by atoms with E-state index in [0.29, 0.717) is 0 Å². The van der Waals surface area contributed by atoms with Gasteiger partial charge in [0.2, 0.25) is 5.91 Å². The number of carboxylic acid groups (broad SMARTS) is 1. The molecular weight excluding hydrogens is 278 g/mol. The minimum Gasteiger partial charge on any atom is -0.508 e. The zero-order valence-corrected chi connectivity index (χ0v) is 11.7. The SMILES string of the molecule is O=C(N[C@@H](Cc1ccc(O)cc1)C(=O)O)C1CCSC1. The first-order valence-corrected chi connectivity index (χ1v) is 7.60. The molecule has 0 bridgehead atoms. The molecule has 6 heteroatoms. The highest BCUT2D eigenvalue weighted by Gasteiger charge is 2.27. The fourth-order valence-electron chi connectivity index (χ4n) is 2.10. The quantitative estimate of drug-likeness (QED) is 0.761. The summed E-state index contributed by atoms with van der Waals surface area (Å²) < 4.78 is 0. The molecule has 0 radical (unpaired) electrons. The maximum atomic E-state index is 12.0.